The van der Waals surface area contributed by atoms with Crippen LogP contribution in [0.5, 0.6) is 0 Å². The van der Waals surface area contributed by atoms with Crippen molar-refractivity contribution in [3.63, 3.8) is 0 Å². The first-order valence-electron chi connectivity index (χ1n) is 8.62. The van der Waals surface area contributed by atoms with Crippen LogP contribution < -0.4 is 0 Å². The van der Waals surface area contributed by atoms with Crippen molar-refractivity contribution in [1.82, 2.24) is 14.5 Å². The summed E-state index contributed by atoms with van der Waals surface area (Å²) in [5.41, 5.74) is 2.27. The molecule has 4 nitrogen and oxygen atoms in total. The van der Waals surface area contributed by atoms with Gasteiger partial charge in [-0.25, -0.2) is 9.37 Å². The first-order chi connectivity index (χ1) is 11.6. The minimum Gasteiger partial charge on any atom is -0.343 e. The lowest BCUT2D eigenvalue weighted by Crippen LogP contribution is -2.32. The van der Waals surface area contributed by atoms with E-state index < -0.39 is 0 Å². The number of nitrogens with zero attached hydrogens (tertiary/aromatic N) is 3. The van der Waals surface area contributed by atoms with Crippen LogP contribution >= 0.6 is 0 Å². The molecule has 0 bridgehead atoms. The van der Waals surface area contributed by atoms with Crippen molar-refractivity contribution in [2.24, 2.45) is 7.05 Å². The van der Waals surface area contributed by atoms with Gasteiger partial charge in [0.25, 0.3) is 0 Å². The number of amides is 1. The van der Waals surface area contributed by atoms with Crippen LogP contribution in [-0.2, 0) is 18.3 Å². The molecular formula is C19H24FN3O. The first kappa shape index (κ1) is 16.7. The normalized spacial score (nSPS) is 18.4. The Balaban J connectivity index is 1.54. The molecule has 1 saturated heterocycles. The number of imidazole rings is 1. The van der Waals surface area contributed by atoms with Crippen LogP contribution in [-0.4, -0.2) is 33.4 Å². The molecule has 1 aliphatic rings. The Morgan fingerprint density at radius 2 is 2.04 bits per heavy atom. The number of benzene rings is 1. The average Bonchev–Trinajstić information content (AvgIpc) is 2.84. The first-order valence-corrected chi connectivity index (χ1v) is 8.62. The molecule has 1 unspecified atom stereocenters. The van der Waals surface area contributed by atoms with Gasteiger partial charge in [0, 0.05) is 38.4 Å². The van der Waals surface area contributed by atoms with E-state index in [0.717, 1.165) is 44.5 Å². The van der Waals surface area contributed by atoms with Gasteiger partial charge in [0.05, 0.1) is 6.33 Å². The van der Waals surface area contributed by atoms with Gasteiger partial charge in [-0.3, -0.25) is 4.79 Å². The van der Waals surface area contributed by atoms with Crippen molar-refractivity contribution in [3.05, 3.63) is 53.9 Å². The second-order valence-corrected chi connectivity index (χ2v) is 6.56. The fraction of sp³-hybridized carbons (Fsp3) is 0.474. The predicted octanol–water partition coefficient (Wildman–Crippen LogP) is 3.29. The number of halogens is 1. The highest BCUT2D eigenvalue weighted by Gasteiger charge is 2.21. The molecule has 0 saturated carbocycles. The largest absolute Gasteiger partial charge is 0.343 e. The van der Waals surface area contributed by atoms with Gasteiger partial charge < -0.3 is 9.47 Å². The molecule has 0 N–H and O–H groups in total. The van der Waals surface area contributed by atoms with Crippen LogP contribution in [0.15, 0.2) is 36.8 Å². The van der Waals surface area contributed by atoms with Crippen molar-refractivity contribution < 1.29 is 9.18 Å². The van der Waals surface area contributed by atoms with Gasteiger partial charge in [-0.05, 0) is 49.3 Å². The maximum atomic E-state index is 13.1. The van der Waals surface area contributed by atoms with Crippen LogP contribution in [0.4, 0.5) is 4.39 Å². The van der Waals surface area contributed by atoms with E-state index in [4.69, 9.17) is 0 Å². The standard InChI is InChI=1S/C19H24FN3O/c1-22-14-21-13-18(22)8-9-19(24)23-11-2-3-15(10-12-23)16-4-6-17(20)7-5-16/h4-7,13-15H,2-3,8-12H2,1H3. The van der Waals surface area contributed by atoms with Crippen LogP contribution in [0.25, 0.3) is 0 Å². The van der Waals surface area contributed by atoms with Gasteiger partial charge in [0.2, 0.25) is 5.91 Å². The van der Waals surface area contributed by atoms with Crippen molar-refractivity contribution >= 4 is 5.91 Å². The zero-order valence-electron chi connectivity index (χ0n) is 14.1. The lowest BCUT2D eigenvalue weighted by molar-refractivity contribution is -0.131. The van der Waals surface area contributed by atoms with Gasteiger partial charge in [-0.1, -0.05) is 12.1 Å². The molecule has 128 valence electrons. The van der Waals surface area contributed by atoms with E-state index in [1.54, 1.807) is 6.33 Å². The highest BCUT2D eigenvalue weighted by Crippen LogP contribution is 2.28. The fourth-order valence-electron chi connectivity index (χ4n) is 3.43. The van der Waals surface area contributed by atoms with Crippen molar-refractivity contribution in [1.29, 1.82) is 0 Å². The van der Waals surface area contributed by atoms with E-state index in [2.05, 4.69) is 4.98 Å². The summed E-state index contributed by atoms with van der Waals surface area (Å²) in [6.45, 7) is 1.61. The van der Waals surface area contributed by atoms with E-state index in [-0.39, 0.29) is 11.7 Å². The third-order valence-electron chi connectivity index (χ3n) is 4.93. The smallest absolute Gasteiger partial charge is 0.222 e. The number of aromatic nitrogens is 2. The van der Waals surface area contributed by atoms with Crippen LogP contribution in [0.1, 0.15) is 42.9 Å². The monoisotopic (exact) mass is 329 g/mol. The SMILES string of the molecule is Cn1cncc1CCC(=O)N1CCCC(c2ccc(F)cc2)CC1. The Morgan fingerprint density at radius 1 is 1.25 bits per heavy atom. The Hall–Kier alpha value is -2.17. The molecule has 2 heterocycles. The van der Waals surface area contributed by atoms with Crippen molar-refractivity contribution in [2.75, 3.05) is 13.1 Å². The number of aryl methyl sites for hydroxylation is 2. The molecule has 0 aliphatic carbocycles. The Morgan fingerprint density at radius 3 is 2.75 bits per heavy atom. The highest BCUT2D eigenvalue weighted by molar-refractivity contribution is 5.76. The number of hydrogen-bond donors (Lipinski definition) is 0. The van der Waals surface area contributed by atoms with Gasteiger partial charge in [0.1, 0.15) is 5.82 Å². The molecule has 1 fully saturated rings. The fourth-order valence-corrected chi connectivity index (χ4v) is 3.43. The maximum Gasteiger partial charge on any atom is 0.222 e. The minimum atomic E-state index is -0.195. The summed E-state index contributed by atoms with van der Waals surface area (Å²) in [6, 6.07) is 6.80. The van der Waals surface area contributed by atoms with Crippen LogP contribution in [0, 0.1) is 5.82 Å². The third-order valence-corrected chi connectivity index (χ3v) is 4.93. The summed E-state index contributed by atoms with van der Waals surface area (Å²) in [5, 5.41) is 0. The number of likely N-dealkylation sites (tertiary alicyclic amines) is 1. The highest BCUT2D eigenvalue weighted by atomic mass is 19.1. The molecule has 0 spiro atoms. The average molecular weight is 329 g/mol. The zero-order valence-corrected chi connectivity index (χ0v) is 14.1. The Bertz CT molecular complexity index is 680. The molecule has 2 aromatic rings. The summed E-state index contributed by atoms with van der Waals surface area (Å²) in [4.78, 5) is 18.6. The molecule has 1 aromatic carbocycles. The zero-order chi connectivity index (χ0) is 16.9. The van der Waals surface area contributed by atoms with E-state index in [9.17, 15) is 9.18 Å². The van der Waals surface area contributed by atoms with Gasteiger partial charge in [-0.15, -0.1) is 0 Å². The lowest BCUT2D eigenvalue weighted by atomic mass is 9.92. The summed E-state index contributed by atoms with van der Waals surface area (Å²) < 4.78 is 15.0. The maximum absolute atomic E-state index is 13.1. The topological polar surface area (TPSA) is 38.1 Å². The number of carbonyl (C=O) groups excluding carboxylic acids is 1. The Labute approximate surface area is 142 Å². The molecule has 5 heteroatoms. The second-order valence-electron chi connectivity index (χ2n) is 6.56. The van der Waals surface area contributed by atoms with Crippen LogP contribution in [0.2, 0.25) is 0 Å². The molecule has 1 amide bonds. The predicted molar refractivity (Wildman–Crippen MR) is 91.1 cm³/mol. The van der Waals surface area contributed by atoms with E-state index in [1.807, 2.05) is 34.8 Å². The van der Waals surface area contributed by atoms with Gasteiger partial charge >= 0.3 is 0 Å². The van der Waals surface area contributed by atoms with E-state index in [1.165, 1.54) is 17.7 Å². The molecule has 24 heavy (non-hydrogen) atoms. The summed E-state index contributed by atoms with van der Waals surface area (Å²) in [7, 11) is 1.95. The Kier molecular flexibility index (Phi) is 5.28. The molecule has 3 rings (SSSR count). The molecule has 1 aromatic heterocycles. The van der Waals surface area contributed by atoms with E-state index in [0.29, 0.717) is 12.3 Å². The van der Waals surface area contributed by atoms with Crippen molar-refractivity contribution in [3.8, 4) is 0 Å². The lowest BCUT2D eigenvalue weighted by Gasteiger charge is -2.21. The van der Waals surface area contributed by atoms with E-state index >= 15 is 0 Å². The molecule has 1 atom stereocenters. The number of carbonyl (C=O) groups is 1. The van der Waals surface area contributed by atoms with Crippen LogP contribution in [0.3, 0.4) is 0 Å². The minimum absolute atomic E-state index is 0.195. The van der Waals surface area contributed by atoms with Crippen molar-refractivity contribution in [2.45, 2.75) is 38.0 Å². The summed E-state index contributed by atoms with van der Waals surface area (Å²) in [6.07, 6.45) is 7.84. The molecule has 1 aliphatic heterocycles. The quantitative estimate of drug-likeness (QED) is 0.863. The second kappa shape index (κ2) is 7.60. The summed E-state index contributed by atoms with van der Waals surface area (Å²) in [5.74, 6) is 0.441. The van der Waals surface area contributed by atoms with Gasteiger partial charge in [0.15, 0.2) is 0 Å². The molecular weight excluding hydrogens is 305 g/mol. The molecule has 0 radical (unpaired) electrons. The number of hydrogen-bond acceptors (Lipinski definition) is 2. The van der Waals surface area contributed by atoms with Gasteiger partial charge in [-0.2, -0.15) is 0 Å². The number of rotatable bonds is 4. The summed E-state index contributed by atoms with van der Waals surface area (Å²) >= 11 is 0. The third kappa shape index (κ3) is 4.02.